The number of fused-ring (bicyclic) bond motifs is 5. The second-order valence-corrected chi connectivity index (χ2v) is 10.3. The zero-order chi connectivity index (χ0) is 16.8. The van der Waals surface area contributed by atoms with Crippen LogP contribution < -0.4 is 0 Å². The third-order valence-corrected chi connectivity index (χ3v) is 8.94. The van der Waals surface area contributed by atoms with Crippen molar-refractivity contribution in [2.45, 2.75) is 72.0 Å². The van der Waals surface area contributed by atoms with Gasteiger partial charge in [-0.15, -0.1) is 0 Å². The Labute approximate surface area is 140 Å². The highest BCUT2D eigenvalue weighted by atomic mass is 16.3. The topological polar surface area (TPSA) is 60.7 Å². The Morgan fingerprint density at radius 3 is 2.26 bits per heavy atom. The molecule has 0 aliphatic heterocycles. The lowest BCUT2D eigenvalue weighted by molar-refractivity contribution is -0.175. The Bertz CT molecular complexity index is 505. The van der Waals surface area contributed by atoms with E-state index in [4.69, 9.17) is 0 Å². The van der Waals surface area contributed by atoms with E-state index in [0.717, 1.165) is 25.7 Å². The molecule has 3 nitrogen and oxygen atoms in total. The van der Waals surface area contributed by atoms with Crippen LogP contribution in [-0.4, -0.2) is 34.1 Å². The quantitative estimate of drug-likeness (QED) is 0.732. The predicted octanol–water partition coefficient (Wildman–Crippen LogP) is 2.83. The summed E-state index contributed by atoms with van der Waals surface area (Å²) < 4.78 is 0. The minimum Gasteiger partial charge on any atom is -0.396 e. The summed E-state index contributed by atoms with van der Waals surface area (Å²) >= 11 is 0. The molecule has 4 fully saturated rings. The second kappa shape index (κ2) is 4.74. The van der Waals surface area contributed by atoms with Crippen LogP contribution in [0.15, 0.2) is 0 Å². The van der Waals surface area contributed by atoms with Crippen LogP contribution in [0.3, 0.4) is 0 Å². The molecule has 9 atom stereocenters. The van der Waals surface area contributed by atoms with E-state index in [0.29, 0.717) is 29.6 Å². The van der Waals surface area contributed by atoms with Gasteiger partial charge in [0, 0.05) is 5.41 Å². The number of aliphatic hydroxyl groups is 3. The summed E-state index contributed by atoms with van der Waals surface area (Å²) in [5.41, 5.74) is -0.164. The molecule has 3 heteroatoms. The maximum absolute atomic E-state index is 11.0. The summed E-state index contributed by atoms with van der Waals surface area (Å²) in [7, 11) is 0. The second-order valence-electron chi connectivity index (χ2n) is 10.3. The number of hydrogen-bond donors (Lipinski definition) is 3. The van der Waals surface area contributed by atoms with Gasteiger partial charge in [0.25, 0.3) is 0 Å². The Hall–Kier alpha value is -0.120. The molecule has 0 bridgehead atoms. The van der Waals surface area contributed by atoms with Crippen LogP contribution in [0.4, 0.5) is 0 Å². The molecule has 3 N–H and O–H groups in total. The predicted molar refractivity (Wildman–Crippen MR) is 89.6 cm³/mol. The van der Waals surface area contributed by atoms with Gasteiger partial charge in [0.05, 0.1) is 18.8 Å². The van der Waals surface area contributed by atoms with Crippen LogP contribution in [-0.2, 0) is 0 Å². The first-order valence-corrected chi connectivity index (χ1v) is 9.66. The van der Waals surface area contributed by atoms with Crippen LogP contribution in [0, 0.1) is 45.8 Å². The lowest BCUT2D eigenvalue weighted by Crippen LogP contribution is -2.59. The van der Waals surface area contributed by atoms with Crippen molar-refractivity contribution in [3.63, 3.8) is 0 Å². The summed E-state index contributed by atoms with van der Waals surface area (Å²) in [5, 5.41) is 31.7. The van der Waals surface area contributed by atoms with Crippen LogP contribution in [0.25, 0.3) is 0 Å². The summed E-state index contributed by atoms with van der Waals surface area (Å²) in [6.45, 7) is 9.41. The first-order valence-electron chi connectivity index (χ1n) is 9.66. The third kappa shape index (κ3) is 1.88. The molecule has 0 aromatic rings. The molecule has 0 heterocycles. The zero-order valence-electron chi connectivity index (χ0n) is 15.1. The summed E-state index contributed by atoms with van der Waals surface area (Å²) in [6.07, 6.45) is 4.28. The average molecular weight is 322 g/mol. The van der Waals surface area contributed by atoms with Gasteiger partial charge in [-0.1, -0.05) is 27.7 Å². The lowest BCUT2D eigenvalue weighted by atomic mass is 9.46. The van der Waals surface area contributed by atoms with Crippen molar-refractivity contribution in [3.05, 3.63) is 0 Å². The van der Waals surface area contributed by atoms with Crippen molar-refractivity contribution in [2.75, 3.05) is 6.61 Å². The highest BCUT2D eigenvalue weighted by molar-refractivity contribution is 5.22. The number of aliphatic hydroxyl groups excluding tert-OH is 3. The van der Waals surface area contributed by atoms with Crippen molar-refractivity contribution in [2.24, 2.45) is 45.8 Å². The van der Waals surface area contributed by atoms with Gasteiger partial charge in [0.2, 0.25) is 0 Å². The molecule has 23 heavy (non-hydrogen) atoms. The fraction of sp³-hybridized carbons (Fsp3) is 1.00. The molecule has 0 aromatic heterocycles. The van der Waals surface area contributed by atoms with Crippen LogP contribution in [0.5, 0.6) is 0 Å². The summed E-state index contributed by atoms with van der Waals surface area (Å²) in [6, 6.07) is 0. The van der Waals surface area contributed by atoms with Gasteiger partial charge in [-0.25, -0.2) is 0 Å². The minimum atomic E-state index is -0.394. The van der Waals surface area contributed by atoms with Crippen LogP contribution in [0.2, 0.25) is 0 Å². The van der Waals surface area contributed by atoms with E-state index in [1.54, 1.807) is 0 Å². The maximum Gasteiger partial charge on any atom is 0.0626 e. The van der Waals surface area contributed by atoms with Gasteiger partial charge < -0.3 is 15.3 Å². The van der Waals surface area contributed by atoms with E-state index in [2.05, 4.69) is 27.7 Å². The first kappa shape index (κ1) is 16.4. The highest BCUT2D eigenvalue weighted by Crippen LogP contribution is 2.76. The van der Waals surface area contributed by atoms with Crippen molar-refractivity contribution >= 4 is 0 Å². The van der Waals surface area contributed by atoms with Gasteiger partial charge in [0.1, 0.15) is 0 Å². The summed E-state index contributed by atoms with van der Waals surface area (Å²) in [4.78, 5) is 0. The largest absolute Gasteiger partial charge is 0.396 e. The standard InChI is InChI=1S/C20H34O3/c1-11(2)12-5-6-19(4)14(22)8-18(3)9-15(23)20(10-21)7-13(20)17(18)16(12)19/h11-17,21-23H,5-10H2,1-4H3/t12?,13?,14-,15+,16?,17+,18?,19+,20?/m0/s1. The van der Waals surface area contributed by atoms with Crippen molar-refractivity contribution < 1.29 is 15.3 Å². The molecule has 4 saturated carbocycles. The smallest absolute Gasteiger partial charge is 0.0626 e. The van der Waals surface area contributed by atoms with E-state index in [9.17, 15) is 15.3 Å². The molecule has 4 rings (SSSR count). The van der Waals surface area contributed by atoms with Crippen molar-refractivity contribution in [1.82, 2.24) is 0 Å². The highest BCUT2D eigenvalue weighted by Gasteiger charge is 2.74. The molecular formula is C20H34O3. The normalized spacial score (nSPS) is 61.0. The van der Waals surface area contributed by atoms with E-state index in [1.807, 2.05) is 0 Å². The molecule has 0 radical (unpaired) electrons. The Kier molecular flexibility index (Phi) is 3.37. The Balaban J connectivity index is 1.78. The molecule has 4 aliphatic rings. The molecule has 0 amide bonds. The molecule has 5 unspecified atom stereocenters. The zero-order valence-corrected chi connectivity index (χ0v) is 15.1. The molecule has 0 aromatic carbocycles. The molecular weight excluding hydrogens is 288 g/mol. The van der Waals surface area contributed by atoms with Crippen molar-refractivity contribution in [3.8, 4) is 0 Å². The van der Waals surface area contributed by atoms with E-state index >= 15 is 0 Å². The Morgan fingerprint density at radius 1 is 1.00 bits per heavy atom. The monoisotopic (exact) mass is 322 g/mol. The maximum atomic E-state index is 11.0. The average Bonchev–Trinajstić information content (AvgIpc) is 3.09. The fourth-order valence-corrected chi connectivity index (χ4v) is 7.48. The SMILES string of the molecule is CC(C)C1CC[C@@]2(C)C1[C@H]1C3CC3(CO)[C@H](O)CC1(C)C[C@@H]2O. The fourth-order valence-electron chi connectivity index (χ4n) is 7.48. The van der Waals surface area contributed by atoms with Gasteiger partial charge in [-0.05, 0) is 72.5 Å². The minimum absolute atomic E-state index is 0.0281. The van der Waals surface area contributed by atoms with Gasteiger partial charge in [0.15, 0.2) is 0 Å². The van der Waals surface area contributed by atoms with Gasteiger partial charge in [-0.3, -0.25) is 0 Å². The van der Waals surface area contributed by atoms with E-state index in [-0.39, 0.29) is 29.0 Å². The first-order chi connectivity index (χ1) is 10.7. The van der Waals surface area contributed by atoms with Crippen LogP contribution >= 0.6 is 0 Å². The molecule has 0 saturated heterocycles. The molecule has 4 aliphatic carbocycles. The number of hydrogen-bond acceptors (Lipinski definition) is 3. The third-order valence-electron chi connectivity index (χ3n) is 8.94. The van der Waals surface area contributed by atoms with Gasteiger partial charge in [-0.2, -0.15) is 0 Å². The summed E-state index contributed by atoms with van der Waals surface area (Å²) in [5.74, 6) is 2.87. The Morgan fingerprint density at radius 2 is 1.65 bits per heavy atom. The van der Waals surface area contributed by atoms with Crippen molar-refractivity contribution in [1.29, 1.82) is 0 Å². The lowest BCUT2D eigenvalue weighted by Gasteiger charge is -2.60. The van der Waals surface area contributed by atoms with Gasteiger partial charge >= 0.3 is 0 Å². The molecule has 132 valence electrons. The van der Waals surface area contributed by atoms with E-state index in [1.165, 1.54) is 6.42 Å². The molecule has 0 spiro atoms. The van der Waals surface area contributed by atoms with Crippen LogP contribution in [0.1, 0.15) is 59.8 Å². The van der Waals surface area contributed by atoms with E-state index < -0.39 is 6.10 Å². The number of rotatable bonds is 2.